The van der Waals surface area contributed by atoms with Gasteiger partial charge in [-0.15, -0.1) is 0 Å². The van der Waals surface area contributed by atoms with Crippen LogP contribution in [0.25, 0.3) is 12.2 Å². The van der Waals surface area contributed by atoms with Crippen LogP contribution >= 0.6 is 0 Å². The van der Waals surface area contributed by atoms with Crippen molar-refractivity contribution in [1.29, 1.82) is 0 Å². The van der Waals surface area contributed by atoms with Crippen LogP contribution in [0, 0.1) is 10.1 Å². The molecule has 0 unspecified atom stereocenters. The number of amides is 2. The maximum Gasteiger partial charge on any atom is 0.276 e. The van der Waals surface area contributed by atoms with Crippen molar-refractivity contribution in [1.82, 2.24) is 5.32 Å². The van der Waals surface area contributed by atoms with Gasteiger partial charge in [0, 0.05) is 28.4 Å². The Kier molecular flexibility index (Phi) is 9.14. The number of methoxy groups -OCH3 is 1. The molecule has 0 atom stereocenters. The Morgan fingerprint density at radius 1 is 0.780 bits per heavy atom. The van der Waals surface area contributed by atoms with Gasteiger partial charge in [0.15, 0.2) is 5.78 Å². The SMILES string of the molecule is COc1ccccc1/C=C(\NC(=O)c1ccccc1)C(=O)Nc1ccc(C(=O)/C=C/c2ccccc2[N+](=O)[O-])cc1. The molecule has 0 aromatic heterocycles. The maximum absolute atomic E-state index is 13.3. The molecule has 0 aliphatic rings. The first-order valence-electron chi connectivity index (χ1n) is 12.4. The van der Waals surface area contributed by atoms with Gasteiger partial charge in [0.2, 0.25) is 0 Å². The van der Waals surface area contributed by atoms with E-state index < -0.39 is 16.7 Å². The minimum absolute atomic E-state index is 0.0177. The number of carbonyl (C=O) groups is 3. The Bertz CT molecular complexity index is 1640. The second-order valence-corrected chi connectivity index (χ2v) is 8.67. The molecule has 0 saturated heterocycles. The highest BCUT2D eigenvalue weighted by Gasteiger charge is 2.16. The molecule has 204 valence electrons. The van der Waals surface area contributed by atoms with E-state index in [1.807, 2.05) is 0 Å². The van der Waals surface area contributed by atoms with Crippen molar-refractivity contribution in [3.05, 3.63) is 147 Å². The fraction of sp³-hybridized carbons (Fsp3) is 0.0312. The van der Waals surface area contributed by atoms with E-state index in [1.165, 1.54) is 43.5 Å². The number of hydrogen-bond donors (Lipinski definition) is 2. The summed E-state index contributed by atoms with van der Waals surface area (Å²) < 4.78 is 5.38. The van der Waals surface area contributed by atoms with Gasteiger partial charge in [0.1, 0.15) is 11.4 Å². The number of rotatable bonds is 10. The molecule has 2 amide bonds. The lowest BCUT2D eigenvalue weighted by atomic mass is 10.1. The molecule has 9 nitrogen and oxygen atoms in total. The van der Waals surface area contributed by atoms with Crippen LogP contribution in [0.2, 0.25) is 0 Å². The number of hydrogen-bond acceptors (Lipinski definition) is 6. The number of allylic oxidation sites excluding steroid dienone is 1. The molecule has 0 saturated carbocycles. The predicted molar refractivity (Wildman–Crippen MR) is 156 cm³/mol. The van der Waals surface area contributed by atoms with Gasteiger partial charge in [-0.2, -0.15) is 0 Å². The normalized spacial score (nSPS) is 11.1. The highest BCUT2D eigenvalue weighted by Crippen LogP contribution is 2.22. The molecule has 0 spiro atoms. The Labute approximate surface area is 235 Å². The first-order valence-corrected chi connectivity index (χ1v) is 12.4. The molecule has 0 fully saturated rings. The zero-order valence-corrected chi connectivity index (χ0v) is 21.9. The van der Waals surface area contributed by atoms with Crippen LogP contribution in [-0.4, -0.2) is 29.6 Å². The molecule has 0 bridgehead atoms. The third kappa shape index (κ3) is 7.39. The van der Waals surface area contributed by atoms with Crippen LogP contribution in [0.4, 0.5) is 11.4 Å². The van der Waals surface area contributed by atoms with Crippen molar-refractivity contribution >= 4 is 41.1 Å². The van der Waals surface area contributed by atoms with Crippen molar-refractivity contribution in [3.8, 4) is 5.75 Å². The summed E-state index contributed by atoms with van der Waals surface area (Å²) in [6.45, 7) is 0. The van der Waals surface area contributed by atoms with E-state index >= 15 is 0 Å². The fourth-order valence-electron chi connectivity index (χ4n) is 3.86. The topological polar surface area (TPSA) is 128 Å². The van der Waals surface area contributed by atoms with Crippen LogP contribution in [0.15, 0.2) is 115 Å². The van der Waals surface area contributed by atoms with Crippen molar-refractivity contribution < 1.29 is 24.0 Å². The van der Waals surface area contributed by atoms with Crippen molar-refractivity contribution in [2.24, 2.45) is 0 Å². The third-order valence-corrected chi connectivity index (χ3v) is 5.94. The monoisotopic (exact) mass is 547 g/mol. The molecule has 4 rings (SSSR count). The van der Waals surface area contributed by atoms with E-state index in [0.717, 1.165) is 0 Å². The molecule has 2 N–H and O–H groups in total. The standard InChI is InChI=1S/C32H25N3O6/c1-41-30-14-8-6-12-25(30)21-27(34-31(37)24-10-3-2-4-11-24)32(38)33-26-18-15-23(16-19-26)29(36)20-17-22-9-5-7-13-28(22)35(39)40/h2-21H,1H3,(H,33,38)(H,34,37)/b20-17+,27-21-. The van der Waals surface area contributed by atoms with E-state index in [2.05, 4.69) is 10.6 Å². The Morgan fingerprint density at radius 2 is 1.41 bits per heavy atom. The molecular formula is C32H25N3O6. The number of ketones is 1. The molecule has 0 aliphatic carbocycles. The molecular weight excluding hydrogens is 522 g/mol. The van der Waals surface area contributed by atoms with Crippen LogP contribution < -0.4 is 15.4 Å². The highest BCUT2D eigenvalue weighted by atomic mass is 16.6. The van der Waals surface area contributed by atoms with E-state index in [9.17, 15) is 24.5 Å². The number of para-hydroxylation sites is 2. The first kappa shape index (κ1) is 28.2. The minimum Gasteiger partial charge on any atom is -0.496 e. The Morgan fingerprint density at radius 3 is 2.10 bits per heavy atom. The van der Waals surface area contributed by atoms with Gasteiger partial charge in [0.05, 0.1) is 17.6 Å². The van der Waals surface area contributed by atoms with Crippen molar-refractivity contribution in [2.45, 2.75) is 0 Å². The molecule has 0 heterocycles. The summed E-state index contributed by atoms with van der Waals surface area (Å²) in [7, 11) is 1.51. The van der Waals surface area contributed by atoms with E-state index in [-0.39, 0.29) is 17.2 Å². The summed E-state index contributed by atoms with van der Waals surface area (Å²) in [5.41, 5.74) is 1.85. The second kappa shape index (κ2) is 13.3. The smallest absolute Gasteiger partial charge is 0.276 e. The van der Waals surface area contributed by atoms with E-state index in [4.69, 9.17) is 4.74 Å². The van der Waals surface area contributed by atoms with Gasteiger partial charge in [-0.25, -0.2) is 0 Å². The zero-order chi connectivity index (χ0) is 29.2. The van der Waals surface area contributed by atoms with Crippen LogP contribution in [0.3, 0.4) is 0 Å². The highest BCUT2D eigenvalue weighted by molar-refractivity contribution is 6.11. The summed E-state index contributed by atoms with van der Waals surface area (Å²) in [4.78, 5) is 49.5. The van der Waals surface area contributed by atoms with Crippen molar-refractivity contribution in [2.75, 3.05) is 12.4 Å². The molecule has 0 radical (unpaired) electrons. The van der Waals surface area contributed by atoms with Gasteiger partial charge in [-0.05, 0) is 66.8 Å². The maximum atomic E-state index is 13.3. The summed E-state index contributed by atoms with van der Waals surface area (Å²) in [5.74, 6) is -0.903. The van der Waals surface area contributed by atoms with Crippen LogP contribution in [0.5, 0.6) is 5.75 Å². The number of ether oxygens (including phenoxy) is 1. The third-order valence-electron chi connectivity index (χ3n) is 5.94. The summed E-state index contributed by atoms with van der Waals surface area (Å²) in [5, 5.41) is 16.6. The number of anilines is 1. The Hall–Kier alpha value is -5.83. The number of nitrogens with one attached hydrogen (secondary N) is 2. The minimum atomic E-state index is -0.587. The average molecular weight is 548 g/mol. The fourth-order valence-corrected chi connectivity index (χ4v) is 3.86. The quantitative estimate of drug-likeness (QED) is 0.110. The van der Waals surface area contributed by atoms with Crippen LogP contribution in [-0.2, 0) is 4.79 Å². The number of benzene rings is 4. The average Bonchev–Trinajstić information content (AvgIpc) is 3.00. The van der Waals surface area contributed by atoms with Gasteiger partial charge >= 0.3 is 0 Å². The zero-order valence-electron chi connectivity index (χ0n) is 21.9. The molecule has 0 aliphatic heterocycles. The molecule has 4 aromatic rings. The molecule has 41 heavy (non-hydrogen) atoms. The van der Waals surface area contributed by atoms with Crippen molar-refractivity contribution in [3.63, 3.8) is 0 Å². The number of nitro groups is 1. The van der Waals surface area contributed by atoms with Gasteiger partial charge in [-0.1, -0.05) is 48.5 Å². The number of nitrogens with zero attached hydrogens (tertiary/aromatic N) is 1. The number of nitro benzene ring substituents is 1. The largest absolute Gasteiger partial charge is 0.496 e. The second-order valence-electron chi connectivity index (χ2n) is 8.67. The van der Waals surface area contributed by atoms with Gasteiger partial charge in [0.25, 0.3) is 17.5 Å². The van der Waals surface area contributed by atoms with Gasteiger partial charge < -0.3 is 15.4 Å². The van der Waals surface area contributed by atoms with Crippen LogP contribution in [0.1, 0.15) is 31.8 Å². The number of carbonyl (C=O) groups excluding carboxylic acids is 3. The van der Waals surface area contributed by atoms with E-state index in [0.29, 0.717) is 33.7 Å². The lowest BCUT2D eigenvalue weighted by Gasteiger charge is -2.12. The summed E-state index contributed by atoms with van der Waals surface area (Å²) in [6.07, 6.45) is 4.16. The lowest BCUT2D eigenvalue weighted by Crippen LogP contribution is -2.30. The Balaban J connectivity index is 1.52. The summed E-state index contributed by atoms with van der Waals surface area (Å²) >= 11 is 0. The lowest BCUT2D eigenvalue weighted by molar-refractivity contribution is -0.385. The molecule has 4 aromatic carbocycles. The summed E-state index contributed by atoms with van der Waals surface area (Å²) in [6, 6.07) is 27.8. The predicted octanol–water partition coefficient (Wildman–Crippen LogP) is 5.91. The first-order chi connectivity index (χ1) is 19.9. The van der Waals surface area contributed by atoms with Gasteiger partial charge in [-0.3, -0.25) is 24.5 Å². The molecule has 9 heteroatoms. The van der Waals surface area contributed by atoms with E-state index in [1.54, 1.807) is 84.9 Å².